The summed E-state index contributed by atoms with van der Waals surface area (Å²) in [6.07, 6.45) is 3.06. The molecule has 0 bridgehead atoms. The van der Waals surface area contributed by atoms with Crippen LogP contribution < -0.4 is 0 Å². The quantitative estimate of drug-likeness (QED) is 0.438. The third-order valence-electron chi connectivity index (χ3n) is 6.16. The Balaban J connectivity index is 2.32. The zero-order valence-electron chi connectivity index (χ0n) is 20.6. The lowest BCUT2D eigenvalue weighted by molar-refractivity contribution is 0.781. The van der Waals surface area contributed by atoms with Crippen LogP contribution >= 0.6 is 0 Å². The van der Waals surface area contributed by atoms with Crippen molar-refractivity contribution < 1.29 is 0 Å². The highest BCUT2D eigenvalue weighted by molar-refractivity contribution is 5.51. The van der Waals surface area contributed by atoms with Gasteiger partial charge in [-0.15, -0.1) is 0 Å². The Morgan fingerprint density at radius 2 is 0.806 bits per heavy atom. The SMILES string of the molecule is CC(C)c1cc(CCCc2cc(C(C)C)c(C#N)c(C(C)C)c2)cc(C(C)C)c1C#N. The Morgan fingerprint density at radius 1 is 0.548 bits per heavy atom. The van der Waals surface area contributed by atoms with E-state index >= 15 is 0 Å². The maximum atomic E-state index is 9.72. The van der Waals surface area contributed by atoms with E-state index in [-0.39, 0.29) is 0 Å². The molecule has 2 nitrogen and oxygen atoms in total. The third-order valence-corrected chi connectivity index (χ3v) is 6.16. The van der Waals surface area contributed by atoms with Crippen molar-refractivity contribution >= 4 is 0 Å². The van der Waals surface area contributed by atoms with Crippen LogP contribution in [0.25, 0.3) is 0 Å². The van der Waals surface area contributed by atoms with Crippen molar-refractivity contribution in [1.29, 1.82) is 10.5 Å². The summed E-state index contributed by atoms with van der Waals surface area (Å²) in [7, 11) is 0. The van der Waals surface area contributed by atoms with Crippen molar-refractivity contribution in [3.63, 3.8) is 0 Å². The van der Waals surface area contributed by atoms with E-state index in [1.807, 2.05) is 0 Å². The second-order valence-corrected chi connectivity index (χ2v) is 9.99. The summed E-state index contributed by atoms with van der Waals surface area (Å²) in [6, 6.07) is 13.9. The first-order valence-corrected chi connectivity index (χ1v) is 11.7. The minimum Gasteiger partial charge on any atom is -0.192 e. The molecule has 0 aromatic heterocycles. The number of benzene rings is 2. The largest absolute Gasteiger partial charge is 0.192 e. The standard InChI is InChI=1S/C29H38N2/c1-18(2)24-12-22(13-25(19(3)4)28(24)16-30)10-9-11-23-14-26(20(5)6)29(17-31)27(15-23)21(7)8/h12-15,18-21H,9-11H2,1-8H3. The van der Waals surface area contributed by atoms with Gasteiger partial charge in [0, 0.05) is 0 Å². The topological polar surface area (TPSA) is 47.6 Å². The van der Waals surface area contributed by atoms with Crippen LogP contribution in [0.2, 0.25) is 0 Å². The van der Waals surface area contributed by atoms with Crippen LogP contribution in [0.15, 0.2) is 24.3 Å². The molecule has 0 saturated heterocycles. The molecule has 0 saturated carbocycles. The first kappa shape index (κ1) is 24.7. The summed E-state index contributed by atoms with van der Waals surface area (Å²) in [4.78, 5) is 0. The van der Waals surface area contributed by atoms with Gasteiger partial charge in [-0.05, 0) is 76.3 Å². The first-order chi connectivity index (χ1) is 14.6. The van der Waals surface area contributed by atoms with Crippen LogP contribution in [0.4, 0.5) is 0 Å². The van der Waals surface area contributed by atoms with Crippen molar-refractivity contribution in [3.8, 4) is 12.1 Å². The number of rotatable bonds is 8. The summed E-state index contributed by atoms with van der Waals surface area (Å²) in [6.45, 7) is 17.3. The molecule has 0 spiro atoms. The Hall–Kier alpha value is -2.58. The molecule has 2 rings (SSSR count). The molecule has 2 heteroatoms. The van der Waals surface area contributed by atoms with Crippen LogP contribution in [0.1, 0.15) is 130 Å². The minimum atomic E-state index is 0.341. The predicted octanol–water partition coefficient (Wildman–Crippen LogP) is 8.10. The van der Waals surface area contributed by atoms with Gasteiger partial charge in [0.2, 0.25) is 0 Å². The fraction of sp³-hybridized carbons (Fsp3) is 0.517. The van der Waals surface area contributed by atoms with Crippen LogP contribution in [-0.2, 0) is 12.8 Å². The van der Waals surface area contributed by atoms with E-state index in [9.17, 15) is 10.5 Å². The van der Waals surface area contributed by atoms with Gasteiger partial charge < -0.3 is 0 Å². The van der Waals surface area contributed by atoms with Crippen LogP contribution in [-0.4, -0.2) is 0 Å². The lowest BCUT2D eigenvalue weighted by Gasteiger charge is -2.19. The zero-order valence-corrected chi connectivity index (χ0v) is 20.6. The minimum absolute atomic E-state index is 0.341. The molecule has 0 aliphatic heterocycles. The van der Waals surface area contributed by atoms with Gasteiger partial charge in [0.15, 0.2) is 0 Å². The van der Waals surface area contributed by atoms with Gasteiger partial charge in [0.25, 0.3) is 0 Å². The van der Waals surface area contributed by atoms with Gasteiger partial charge in [-0.3, -0.25) is 0 Å². The second-order valence-electron chi connectivity index (χ2n) is 9.99. The lowest BCUT2D eigenvalue weighted by atomic mass is 9.85. The Kier molecular flexibility index (Phi) is 8.47. The molecular weight excluding hydrogens is 376 g/mol. The van der Waals surface area contributed by atoms with Gasteiger partial charge in [-0.1, -0.05) is 79.7 Å². The molecule has 0 heterocycles. The van der Waals surface area contributed by atoms with Crippen molar-refractivity contribution in [2.24, 2.45) is 0 Å². The molecule has 164 valence electrons. The molecule has 2 aromatic carbocycles. The van der Waals surface area contributed by atoms with Crippen LogP contribution in [0, 0.1) is 22.7 Å². The number of nitriles is 2. The molecule has 0 fully saturated rings. The molecular formula is C29H38N2. The molecule has 0 atom stereocenters. The molecule has 0 aliphatic carbocycles. The molecule has 0 amide bonds. The summed E-state index contributed by atoms with van der Waals surface area (Å²) in [5.41, 5.74) is 9.07. The monoisotopic (exact) mass is 414 g/mol. The van der Waals surface area contributed by atoms with Gasteiger partial charge in [0.05, 0.1) is 23.3 Å². The highest BCUT2D eigenvalue weighted by Gasteiger charge is 2.17. The van der Waals surface area contributed by atoms with Gasteiger partial charge in [-0.2, -0.15) is 10.5 Å². The van der Waals surface area contributed by atoms with Gasteiger partial charge in [0.1, 0.15) is 0 Å². The van der Waals surface area contributed by atoms with Crippen molar-refractivity contribution in [3.05, 3.63) is 68.8 Å². The van der Waals surface area contributed by atoms with Crippen LogP contribution in [0.5, 0.6) is 0 Å². The Morgan fingerprint density at radius 3 is 1.00 bits per heavy atom. The Bertz CT molecular complexity index is 855. The summed E-state index contributed by atoms with van der Waals surface area (Å²) in [5, 5.41) is 19.4. The number of nitrogens with zero attached hydrogens (tertiary/aromatic N) is 2. The van der Waals surface area contributed by atoms with Gasteiger partial charge in [-0.25, -0.2) is 0 Å². The summed E-state index contributed by atoms with van der Waals surface area (Å²) < 4.78 is 0. The third kappa shape index (κ3) is 5.77. The lowest BCUT2D eigenvalue weighted by Crippen LogP contribution is -2.05. The second kappa shape index (κ2) is 10.6. The fourth-order valence-corrected chi connectivity index (χ4v) is 4.37. The maximum Gasteiger partial charge on any atom is 0.0997 e. The highest BCUT2D eigenvalue weighted by atomic mass is 14.3. The molecule has 0 unspecified atom stereocenters. The normalized spacial score (nSPS) is 11.4. The molecule has 31 heavy (non-hydrogen) atoms. The average molecular weight is 415 g/mol. The van der Waals surface area contributed by atoms with E-state index in [1.165, 1.54) is 33.4 Å². The maximum absolute atomic E-state index is 9.72. The van der Waals surface area contributed by atoms with Gasteiger partial charge >= 0.3 is 0 Å². The van der Waals surface area contributed by atoms with Crippen molar-refractivity contribution in [2.75, 3.05) is 0 Å². The van der Waals surface area contributed by atoms with Crippen LogP contribution in [0.3, 0.4) is 0 Å². The zero-order chi connectivity index (χ0) is 23.3. The number of aryl methyl sites for hydroxylation is 2. The molecule has 0 aliphatic rings. The summed E-state index contributed by atoms with van der Waals surface area (Å²) in [5.74, 6) is 1.36. The molecule has 0 radical (unpaired) electrons. The first-order valence-electron chi connectivity index (χ1n) is 11.7. The van der Waals surface area contributed by atoms with Crippen molar-refractivity contribution in [2.45, 2.75) is 98.3 Å². The Labute approximate surface area is 189 Å². The van der Waals surface area contributed by atoms with E-state index in [4.69, 9.17) is 0 Å². The fourth-order valence-electron chi connectivity index (χ4n) is 4.37. The number of hydrogen-bond acceptors (Lipinski definition) is 2. The van der Waals surface area contributed by atoms with E-state index in [2.05, 4.69) is 91.8 Å². The van der Waals surface area contributed by atoms with E-state index < -0.39 is 0 Å². The van der Waals surface area contributed by atoms with E-state index in [0.717, 1.165) is 30.4 Å². The summed E-state index contributed by atoms with van der Waals surface area (Å²) >= 11 is 0. The smallest absolute Gasteiger partial charge is 0.0997 e. The molecule has 2 aromatic rings. The van der Waals surface area contributed by atoms with E-state index in [1.54, 1.807) is 0 Å². The van der Waals surface area contributed by atoms with E-state index in [0.29, 0.717) is 23.7 Å². The molecule has 0 N–H and O–H groups in total. The van der Waals surface area contributed by atoms with Crippen molar-refractivity contribution in [1.82, 2.24) is 0 Å². The predicted molar refractivity (Wildman–Crippen MR) is 131 cm³/mol. The number of hydrogen-bond donors (Lipinski definition) is 0. The average Bonchev–Trinajstić information content (AvgIpc) is 2.71. The highest BCUT2D eigenvalue weighted by Crippen LogP contribution is 2.31.